The van der Waals surface area contributed by atoms with Crippen LogP contribution in [0.25, 0.3) is 0 Å². The molecular formula is C14H20O2. The third kappa shape index (κ3) is 2.99. The van der Waals surface area contributed by atoms with Crippen molar-refractivity contribution in [2.24, 2.45) is 0 Å². The molecule has 1 aromatic rings. The Bertz CT molecular complexity index is 335. The Balaban J connectivity index is 1.97. The van der Waals surface area contributed by atoms with Crippen LogP contribution in [0.1, 0.15) is 38.2 Å². The molecule has 88 valence electrons. The van der Waals surface area contributed by atoms with Gasteiger partial charge in [0.15, 0.2) is 0 Å². The molecule has 0 aromatic heterocycles. The van der Waals surface area contributed by atoms with Crippen LogP contribution < -0.4 is 4.74 Å². The van der Waals surface area contributed by atoms with Gasteiger partial charge in [0.25, 0.3) is 0 Å². The van der Waals surface area contributed by atoms with Gasteiger partial charge in [-0.1, -0.05) is 19.1 Å². The van der Waals surface area contributed by atoms with Gasteiger partial charge in [-0.05, 0) is 43.4 Å². The fourth-order valence-electron chi connectivity index (χ4n) is 2.26. The van der Waals surface area contributed by atoms with Crippen LogP contribution in [0.4, 0.5) is 0 Å². The number of aliphatic hydroxyl groups excluding tert-OH is 1. The number of hydrogen-bond donors (Lipinski definition) is 1. The SMILES string of the molecule is CCc1cccc(OC2CCCC(O)C2)c1. The predicted molar refractivity (Wildman–Crippen MR) is 64.7 cm³/mol. The normalized spacial score (nSPS) is 25.4. The van der Waals surface area contributed by atoms with Crippen LogP contribution in [0.2, 0.25) is 0 Å². The first-order valence-corrected chi connectivity index (χ1v) is 6.21. The maximum atomic E-state index is 9.58. The van der Waals surface area contributed by atoms with E-state index in [1.165, 1.54) is 5.56 Å². The molecule has 2 nitrogen and oxygen atoms in total. The van der Waals surface area contributed by atoms with E-state index in [2.05, 4.69) is 19.1 Å². The number of ether oxygens (including phenoxy) is 1. The van der Waals surface area contributed by atoms with E-state index < -0.39 is 0 Å². The summed E-state index contributed by atoms with van der Waals surface area (Å²) in [5.41, 5.74) is 1.30. The van der Waals surface area contributed by atoms with E-state index in [0.717, 1.165) is 37.9 Å². The Kier molecular flexibility index (Phi) is 3.83. The standard InChI is InChI=1S/C14H20O2/c1-2-11-5-3-7-13(9-11)16-14-8-4-6-12(15)10-14/h3,5,7,9,12,14-15H,2,4,6,8,10H2,1H3. The van der Waals surface area contributed by atoms with Crippen LogP contribution in [0.3, 0.4) is 0 Å². The molecule has 2 rings (SSSR count). The van der Waals surface area contributed by atoms with Gasteiger partial charge in [0.1, 0.15) is 11.9 Å². The average molecular weight is 220 g/mol. The maximum absolute atomic E-state index is 9.58. The van der Waals surface area contributed by atoms with Crippen LogP contribution in [0, 0.1) is 0 Å². The van der Waals surface area contributed by atoms with E-state index in [-0.39, 0.29) is 12.2 Å². The summed E-state index contributed by atoms with van der Waals surface area (Å²) in [5, 5.41) is 9.58. The summed E-state index contributed by atoms with van der Waals surface area (Å²) in [4.78, 5) is 0. The summed E-state index contributed by atoms with van der Waals surface area (Å²) in [6.07, 6.45) is 4.88. The largest absolute Gasteiger partial charge is 0.490 e. The van der Waals surface area contributed by atoms with Crippen molar-refractivity contribution >= 4 is 0 Å². The number of aliphatic hydroxyl groups is 1. The summed E-state index contributed by atoms with van der Waals surface area (Å²) < 4.78 is 5.91. The second-order valence-electron chi connectivity index (χ2n) is 4.56. The summed E-state index contributed by atoms with van der Waals surface area (Å²) in [6.45, 7) is 2.14. The molecule has 1 aliphatic carbocycles. The van der Waals surface area contributed by atoms with E-state index in [4.69, 9.17) is 4.74 Å². The predicted octanol–water partition coefficient (Wildman–Crippen LogP) is 2.93. The van der Waals surface area contributed by atoms with E-state index in [1.54, 1.807) is 0 Å². The minimum absolute atomic E-state index is 0.173. The minimum Gasteiger partial charge on any atom is -0.490 e. The van der Waals surface area contributed by atoms with Gasteiger partial charge in [-0.2, -0.15) is 0 Å². The molecule has 0 aliphatic heterocycles. The van der Waals surface area contributed by atoms with Gasteiger partial charge in [0, 0.05) is 6.42 Å². The molecule has 1 aliphatic rings. The highest BCUT2D eigenvalue weighted by molar-refractivity contribution is 5.28. The first kappa shape index (κ1) is 11.5. The average Bonchev–Trinajstić information content (AvgIpc) is 2.29. The van der Waals surface area contributed by atoms with Gasteiger partial charge in [-0.25, -0.2) is 0 Å². The van der Waals surface area contributed by atoms with E-state index in [9.17, 15) is 5.11 Å². The van der Waals surface area contributed by atoms with Crippen molar-refractivity contribution in [3.8, 4) is 5.75 Å². The monoisotopic (exact) mass is 220 g/mol. The van der Waals surface area contributed by atoms with E-state index in [1.807, 2.05) is 12.1 Å². The zero-order valence-corrected chi connectivity index (χ0v) is 9.86. The fourth-order valence-corrected chi connectivity index (χ4v) is 2.26. The highest BCUT2D eigenvalue weighted by Gasteiger charge is 2.21. The maximum Gasteiger partial charge on any atom is 0.119 e. The Morgan fingerprint density at radius 3 is 3.00 bits per heavy atom. The second-order valence-corrected chi connectivity index (χ2v) is 4.56. The van der Waals surface area contributed by atoms with Crippen LogP contribution in [-0.4, -0.2) is 17.3 Å². The van der Waals surface area contributed by atoms with Crippen LogP contribution in [-0.2, 0) is 6.42 Å². The number of aryl methyl sites for hydroxylation is 1. The molecular weight excluding hydrogens is 200 g/mol. The number of rotatable bonds is 3. The first-order valence-electron chi connectivity index (χ1n) is 6.21. The van der Waals surface area contributed by atoms with Crippen LogP contribution in [0.15, 0.2) is 24.3 Å². The fraction of sp³-hybridized carbons (Fsp3) is 0.571. The topological polar surface area (TPSA) is 29.5 Å². The summed E-state index contributed by atoms with van der Waals surface area (Å²) in [7, 11) is 0. The molecule has 0 heterocycles. The van der Waals surface area contributed by atoms with Gasteiger partial charge < -0.3 is 9.84 Å². The smallest absolute Gasteiger partial charge is 0.119 e. The van der Waals surface area contributed by atoms with Crippen LogP contribution in [0.5, 0.6) is 5.75 Å². The summed E-state index contributed by atoms with van der Waals surface area (Å²) in [6, 6.07) is 8.25. The highest BCUT2D eigenvalue weighted by Crippen LogP contribution is 2.24. The lowest BCUT2D eigenvalue weighted by molar-refractivity contribution is 0.0536. The highest BCUT2D eigenvalue weighted by atomic mass is 16.5. The zero-order valence-electron chi connectivity index (χ0n) is 9.86. The van der Waals surface area contributed by atoms with E-state index >= 15 is 0 Å². The molecule has 0 saturated heterocycles. The Labute approximate surface area is 97.3 Å². The molecule has 2 heteroatoms. The van der Waals surface area contributed by atoms with Gasteiger partial charge >= 0.3 is 0 Å². The molecule has 0 amide bonds. The zero-order chi connectivity index (χ0) is 11.4. The molecule has 0 spiro atoms. The van der Waals surface area contributed by atoms with Crippen molar-refractivity contribution in [1.29, 1.82) is 0 Å². The van der Waals surface area contributed by atoms with Crippen molar-refractivity contribution in [1.82, 2.24) is 0 Å². The summed E-state index contributed by atoms with van der Waals surface area (Å²) >= 11 is 0. The lowest BCUT2D eigenvalue weighted by Crippen LogP contribution is -2.28. The lowest BCUT2D eigenvalue weighted by atomic mass is 9.95. The number of hydrogen-bond acceptors (Lipinski definition) is 2. The third-order valence-electron chi connectivity index (χ3n) is 3.21. The minimum atomic E-state index is -0.173. The molecule has 0 bridgehead atoms. The van der Waals surface area contributed by atoms with Crippen molar-refractivity contribution in [2.45, 2.75) is 51.2 Å². The number of benzene rings is 1. The Hall–Kier alpha value is -1.02. The van der Waals surface area contributed by atoms with Gasteiger partial charge in [-0.3, -0.25) is 0 Å². The Morgan fingerprint density at radius 1 is 1.38 bits per heavy atom. The second kappa shape index (κ2) is 5.35. The van der Waals surface area contributed by atoms with Gasteiger partial charge in [0.2, 0.25) is 0 Å². The molecule has 0 radical (unpaired) electrons. The van der Waals surface area contributed by atoms with Crippen molar-refractivity contribution < 1.29 is 9.84 Å². The van der Waals surface area contributed by atoms with E-state index in [0.29, 0.717) is 0 Å². The molecule has 2 atom stereocenters. The third-order valence-corrected chi connectivity index (χ3v) is 3.21. The summed E-state index contributed by atoms with van der Waals surface area (Å²) in [5.74, 6) is 0.943. The first-order chi connectivity index (χ1) is 7.78. The van der Waals surface area contributed by atoms with Crippen molar-refractivity contribution in [3.05, 3.63) is 29.8 Å². The van der Waals surface area contributed by atoms with Crippen molar-refractivity contribution in [2.75, 3.05) is 0 Å². The lowest BCUT2D eigenvalue weighted by Gasteiger charge is -2.26. The van der Waals surface area contributed by atoms with Crippen LogP contribution >= 0.6 is 0 Å². The Morgan fingerprint density at radius 2 is 2.25 bits per heavy atom. The molecule has 16 heavy (non-hydrogen) atoms. The van der Waals surface area contributed by atoms with Gasteiger partial charge in [-0.15, -0.1) is 0 Å². The molecule has 2 unspecified atom stereocenters. The quantitative estimate of drug-likeness (QED) is 0.848. The molecule has 1 saturated carbocycles. The molecule has 1 aromatic carbocycles. The van der Waals surface area contributed by atoms with Crippen molar-refractivity contribution in [3.63, 3.8) is 0 Å². The van der Waals surface area contributed by atoms with Gasteiger partial charge in [0.05, 0.1) is 6.10 Å². The molecule has 1 fully saturated rings. The molecule has 1 N–H and O–H groups in total.